The number of aryl methyl sites for hydroxylation is 1. The first kappa shape index (κ1) is 18.2. The summed E-state index contributed by atoms with van der Waals surface area (Å²) in [5.74, 6) is 0. The molecular weight excluding hydrogens is 288 g/mol. The first-order valence-electron chi connectivity index (χ1n) is 7.25. The standard InChI is InChI=1S/C14H28N4O2S/c1-12(2)15-10-13-9-14(11-18(13)5)21(19,20)16-7-6-8-17(3)4/h9,11-12,15-16H,6-8,10H2,1-5H3. The molecule has 1 rings (SSSR count). The van der Waals surface area contributed by atoms with E-state index in [-0.39, 0.29) is 0 Å². The van der Waals surface area contributed by atoms with E-state index in [1.807, 2.05) is 30.6 Å². The minimum Gasteiger partial charge on any atom is -0.352 e. The Labute approximate surface area is 128 Å². The predicted molar refractivity (Wildman–Crippen MR) is 85.7 cm³/mol. The lowest BCUT2D eigenvalue weighted by molar-refractivity contribution is 0.400. The smallest absolute Gasteiger partial charge is 0.242 e. The summed E-state index contributed by atoms with van der Waals surface area (Å²) in [6.45, 7) is 6.10. The van der Waals surface area contributed by atoms with Gasteiger partial charge in [-0.05, 0) is 33.1 Å². The molecular formula is C14H28N4O2S. The molecule has 0 bridgehead atoms. The average Bonchev–Trinajstić information content (AvgIpc) is 2.74. The SMILES string of the molecule is CC(C)NCc1cc(S(=O)(=O)NCCCN(C)C)cn1C. The Morgan fingerprint density at radius 1 is 1.33 bits per heavy atom. The van der Waals surface area contributed by atoms with E-state index in [0.717, 1.165) is 18.7 Å². The molecule has 0 fully saturated rings. The van der Waals surface area contributed by atoms with Crippen LogP contribution in [0.15, 0.2) is 17.2 Å². The quantitative estimate of drug-likeness (QED) is 0.660. The Kier molecular flexibility index (Phi) is 6.86. The van der Waals surface area contributed by atoms with Gasteiger partial charge in [-0.2, -0.15) is 0 Å². The van der Waals surface area contributed by atoms with Crippen molar-refractivity contribution in [3.05, 3.63) is 18.0 Å². The summed E-state index contributed by atoms with van der Waals surface area (Å²) in [6, 6.07) is 2.09. The monoisotopic (exact) mass is 316 g/mol. The van der Waals surface area contributed by atoms with Crippen molar-refractivity contribution in [3.8, 4) is 0 Å². The maximum absolute atomic E-state index is 12.2. The second kappa shape index (κ2) is 7.93. The van der Waals surface area contributed by atoms with Gasteiger partial charge in [0.2, 0.25) is 10.0 Å². The van der Waals surface area contributed by atoms with Gasteiger partial charge in [0.15, 0.2) is 0 Å². The number of hydrogen-bond acceptors (Lipinski definition) is 4. The first-order chi connectivity index (χ1) is 9.72. The fourth-order valence-corrected chi connectivity index (χ4v) is 3.06. The van der Waals surface area contributed by atoms with Gasteiger partial charge in [0.1, 0.15) is 0 Å². The molecule has 0 aliphatic heterocycles. The Bertz CT molecular complexity index is 535. The number of nitrogens with zero attached hydrogens (tertiary/aromatic N) is 2. The van der Waals surface area contributed by atoms with Crippen molar-refractivity contribution < 1.29 is 8.42 Å². The summed E-state index contributed by atoms with van der Waals surface area (Å²) in [6.07, 6.45) is 2.45. The molecule has 7 heteroatoms. The number of aromatic nitrogens is 1. The van der Waals surface area contributed by atoms with Crippen LogP contribution in [0.2, 0.25) is 0 Å². The molecule has 0 aliphatic carbocycles. The third-order valence-electron chi connectivity index (χ3n) is 3.16. The number of rotatable bonds is 9. The first-order valence-corrected chi connectivity index (χ1v) is 8.73. The highest BCUT2D eigenvalue weighted by Gasteiger charge is 2.17. The third-order valence-corrected chi connectivity index (χ3v) is 4.59. The number of nitrogens with one attached hydrogen (secondary N) is 2. The molecule has 0 aliphatic rings. The van der Waals surface area contributed by atoms with E-state index < -0.39 is 10.0 Å². The van der Waals surface area contributed by atoms with Crippen molar-refractivity contribution >= 4 is 10.0 Å². The normalized spacial score (nSPS) is 12.5. The zero-order valence-corrected chi connectivity index (χ0v) is 14.5. The molecule has 0 spiro atoms. The van der Waals surface area contributed by atoms with E-state index in [0.29, 0.717) is 24.0 Å². The molecule has 21 heavy (non-hydrogen) atoms. The molecule has 0 saturated carbocycles. The highest BCUT2D eigenvalue weighted by molar-refractivity contribution is 7.89. The lowest BCUT2D eigenvalue weighted by atomic mass is 10.3. The highest BCUT2D eigenvalue weighted by atomic mass is 32.2. The fourth-order valence-electron chi connectivity index (χ4n) is 1.89. The molecule has 1 aromatic heterocycles. The van der Waals surface area contributed by atoms with Gasteiger partial charge in [-0.15, -0.1) is 0 Å². The molecule has 0 atom stereocenters. The van der Waals surface area contributed by atoms with Gasteiger partial charge in [-0.1, -0.05) is 13.8 Å². The van der Waals surface area contributed by atoms with E-state index in [2.05, 4.69) is 23.9 Å². The van der Waals surface area contributed by atoms with E-state index in [4.69, 9.17) is 0 Å². The summed E-state index contributed by atoms with van der Waals surface area (Å²) in [7, 11) is 2.39. The lowest BCUT2D eigenvalue weighted by Crippen LogP contribution is -2.27. The molecule has 122 valence electrons. The average molecular weight is 316 g/mol. The highest BCUT2D eigenvalue weighted by Crippen LogP contribution is 2.13. The number of hydrogen-bond donors (Lipinski definition) is 2. The van der Waals surface area contributed by atoms with Crippen LogP contribution >= 0.6 is 0 Å². The summed E-state index contributed by atoms with van der Waals surface area (Å²) in [5.41, 5.74) is 0.956. The van der Waals surface area contributed by atoms with E-state index in [9.17, 15) is 8.42 Å². The van der Waals surface area contributed by atoms with Crippen molar-refractivity contribution in [2.75, 3.05) is 27.2 Å². The Morgan fingerprint density at radius 2 is 2.00 bits per heavy atom. The van der Waals surface area contributed by atoms with Gasteiger partial charge >= 0.3 is 0 Å². The molecule has 0 aromatic carbocycles. The van der Waals surface area contributed by atoms with E-state index >= 15 is 0 Å². The third kappa shape index (κ3) is 6.17. The van der Waals surface area contributed by atoms with Crippen molar-refractivity contribution in [1.82, 2.24) is 19.5 Å². The molecule has 2 N–H and O–H groups in total. The van der Waals surface area contributed by atoms with Gasteiger partial charge in [-0.3, -0.25) is 0 Å². The van der Waals surface area contributed by atoms with Gasteiger partial charge in [0, 0.05) is 38.1 Å². The Morgan fingerprint density at radius 3 is 2.57 bits per heavy atom. The molecule has 0 unspecified atom stereocenters. The van der Waals surface area contributed by atoms with Crippen LogP contribution in [0.3, 0.4) is 0 Å². The van der Waals surface area contributed by atoms with Crippen molar-refractivity contribution in [3.63, 3.8) is 0 Å². The van der Waals surface area contributed by atoms with Crippen LogP contribution in [-0.2, 0) is 23.6 Å². The summed E-state index contributed by atoms with van der Waals surface area (Å²) < 4.78 is 28.9. The molecule has 1 heterocycles. The molecule has 0 radical (unpaired) electrons. The van der Waals surface area contributed by atoms with Crippen LogP contribution in [0.25, 0.3) is 0 Å². The topological polar surface area (TPSA) is 66.4 Å². The maximum atomic E-state index is 12.2. The van der Waals surface area contributed by atoms with Crippen LogP contribution in [0, 0.1) is 0 Å². The van der Waals surface area contributed by atoms with Crippen LogP contribution in [0.1, 0.15) is 26.0 Å². The van der Waals surface area contributed by atoms with E-state index in [1.54, 1.807) is 12.3 Å². The molecule has 0 amide bonds. The van der Waals surface area contributed by atoms with Crippen molar-refractivity contribution in [2.45, 2.75) is 37.8 Å². The second-order valence-corrected chi connectivity index (χ2v) is 7.64. The van der Waals surface area contributed by atoms with Crippen LogP contribution < -0.4 is 10.0 Å². The van der Waals surface area contributed by atoms with Crippen molar-refractivity contribution in [1.29, 1.82) is 0 Å². The molecule has 0 saturated heterocycles. The van der Waals surface area contributed by atoms with Crippen LogP contribution in [0.4, 0.5) is 0 Å². The fraction of sp³-hybridized carbons (Fsp3) is 0.714. The summed E-state index contributed by atoms with van der Waals surface area (Å²) in [4.78, 5) is 2.36. The Balaban J connectivity index is 2.64. The molecule has 6 nitrogen and oxygen atoms in total. The summed E-state index contributed by atoms with van der Waals surface area (Å²) >= 11 is 0. The lowest BCUT2D eigenvalue weighted by Gasteiger charge is -2.09. The predicted octanol–water partition coefficient (Wildman–Crippen LogP) is 0.753. The van der Waals surface area contributed by atoms with Crippen molar-refractivity contribution in [2.24, 2.45) is 7.05 Å². The number of sulfonamides is 1. The van der Waals surface area contributed by atoms with Gasteiger partial charge in [0.05, 0.1) is 4.90 Å². The van der Waals surface area contributed by atoms with Gasteiger partial charge < -0.3 is 14.8 Å². The minimum atomic E-state index is -3.42. The zero-order valence-electron chi connectivity index (χ0n) is 13.7. The zero-order chi connectivity index (χ0) is 16.0. The van der Waals surface area contributed by atoms with Crippen LogP contribution in [-0.4, -0.2) is 51.1 Å². The second-order valence-electron chi connectivity index (χ2n) is 5.87. The maximum Gasteiger partial charge on any atom is 0.242 e. The minimum absolute atomic E-state index is 0.329. The molecule has 1 aromatic rings. The summed E-state index contributed by atoms with van der Waals surface area (Å²) in [5, 5.41) is 3.29. The van der Waals surface area contributed by atoms with E-state index in [1.165, 1.54) is 0 Å². The largest absolute Gasteiger partial charge is 0.352 e. The van der Waals surface area contributed by atoms with Gasteiger partial charge in [-0.25, -0.2) is 13.1 Å². The van der Waals surface area contributed by atoms with Crippen LogP contribution in [0.5, 0.6) is 0 Å². The van der Waals surface area contributed by atoms with Gasteiger partial charge in [0.25, 0.3) is 0 Å². The Hall–Kier alpha value is -0.890.